The molecule has 30 heavy (non-hydrogen) atoms. The lowest BCUT2D eigenvalue weighted by atomic mass is 10.1. The smallest absolute Gasteiger partial charge is 0.260 e. The van der Waals surface area contributed by atoms with Gasteiger partial charge in [0.25, 0.3) is 5.91 Å². The monoisotopic (exact) mass is 406 g/mol. The van der Waals surface area contributed by atoms with Crippen molar-refractivity contribution in [1.82, 2.24) is 19.7 Å². The predicted molar refractivity (Wildman–Crippen MR) is 116 cm³/mol. The Balaban J connectivity index is 1.62. The summed E-state index contributed by atoms with van der Waals surface area (Å²) in [5.74, 6) is 1.01. The van der Waals surface area contributed by atoms with Gasteiger partial charge in [-0.25, -0.2) is 9.67 Å². The average molecular weight is 406 g/mol. The molecule has 0 spiro atoms. The van der Waals surface area contributed by atoms with Crippen LogP contribution >= 0.6 is 0 Å². The van der Waals surface area contributed by atoms with Crippen molar-refractivity contribution < 1.29 is 14.3 Å². The molecule has 156 valence electrons. The molecular weight excluding hydrogens is 380 g/mol. The fourth-order valence-electron chi connectivity index (χ4n) is 3.03. The number of carbonyl (C=O) groups is 1. The predicted octanol–water partition coefficient (Wildman–Crippen LogP) is 3.91. The SMILES string of the molecule is C/C=C/c1ccc(OCC(=O)N(C)[C@@H](C)c2ccc(-n3cncn3)cc2)c(OC)c1. The molecule has 0 saturated heterocycles. The first-order valence-electron chi connectivity index (χ1n) is 9.67. The van der Waals surface area contributed by atoms with Crippen LogP contribution in [0.1, 0.15) is 31.0 Å². The number of hydrogen-bond donors (Lipinski definition) is 0. The van der Waals surface area contributed by atoms with Crippen LogP contribution in [0.4, 0.5) is 0 Å². The molecule has 0 unspecified atom stereocenters. The van der Waals surface area contributed by atoms with Gasteiger partial charge in [0, 0.05) is 7.05 Å². The van der Waals surface area contributed by atoms with Crippen LogP contribution in [0, 0.1) is 0 Å². The van der Waals surface area contributed by atoms with Crippen molar-refractivity contribution in [2.24, 2.45) is 0 Å². The van der Waals surface area contributed by atoms with E-state index in [2.05, 4.69) is 10.1 Å². The number of nitrogens with zero attached hydrogens (tertiary/aromatic N) is 4. The summed E-state index contributed by atoms with van der Waals surface area (Å²) in [6.45, 7) is 3.86. The van der Waals surface area contributed by atoms with Crippen LogP contribution < -0.4 is 9.47 Å². The highest BCUT2D eigenvalue weighted by Gasteiger charge is 2.19. The second-order valence-corrected chi connectivity index (χ2v) is 6.81. The fourth-order valence-corrected chi connectivity index (χ4v) is 3.03. The Morgan fingerprint density at radius 1 is 1.20 bits per heavy atom. The number of amides is 1. The van der Waals surface area contributed by atoms with Crippen LogP contribution in [0.15, 0.2) is 61.2 Å². The van der Waals surface area contributed by atoms with Gasteiger partial charge in [-0.2, -0.15) is 5.10 Å². The number of hydrogen-bond acceptors (Lipinski definition) is 5. The average Bonchev–Trinajstić information content (AvgIpc) is 3.32. The van der Waals surface area contributed by atoms with Crippen molar-refractivity contribution in [3.8, 4) is 17.2 Å². The zero-order valence-corrected chi connectivity index (χ0v) is 17.6. The first-order chi connectivity index (χ1) is 14.5. The largest absolute Gasteiger partial charge is 0.493 e. The summed E-state index contributed by atoms with van der Waals surface area (Å²) in [4.78, 5) is 18.3. The quantitative estimate of drug-likeness (QED) is 0.567. The summed E-state index contributed by atoms with van der Waals surface area (Å²) in [6, 6.07) is 13.4. The molecule has 0 N–H and O–H groups in total. The van der Waals surface area contributed by atoms with E-state index in [1.807, 2.05) is 68.5 Å². The van der Waals surface area contributed by atoms with E-state index in [0.29, 0.717) is 11.5 Å². The molecule has 0 aliphatic rings. The van der Waals surface area contributed by atoms with Gasteiger partial charge in [0.15, 0.2) is 18.1 Å². The number of methoxy groups -OCH3 is 1. The van der Waals surface area contributed by atoms with Gasteiger partial charge in [-0.15, -0.1) is 0 Å². The highest BCUT2D eigenvalue weighted by atomic mass is 16.5. The minimum Gasteiger partial charge on any atom is -0.493 e. The number of rotatable bonds is 8. The minimum absolute atomic E-state index is 0.0722. The lowest BCUT2D eigenvalue weighted by molar-refractivity contribution is -0.134. The summed E-state index contributed by atoms with van der Waals surface area (Å²) >= 11 is 0. The number of likely N-dealkylation sites (N-methyl/N-ethyl adjacent to an activating group) is 1. The van der Waals surface area contributed by atoms with Crippen LogP contribution in [0.3, 0.4) is 0 Å². The summed E-state index contributed by atoms with van der Waals surface area (Å²) < 4.78 is 12.8. The maximum Gasteiger partial charge on any atom is 0.260 e. The summed E-state index contributed by atoms with van der Waals surface area (Å²) in [5.41, 5.74) is 2.94. The summed E-state index contributed by atoms with van der Waals surface area (Å²) in [5, 5.41) is 4.12. The Labute approximate surface area is 176 Å². The molecule has 0 aliphatic heterocycles. The van der Waals surface area contributed by atoms with Gasteiger partial charge in [-0.1, -0.05) is 30.4 Å². The van der Waals surface area contributed by atoms with Crippen molar-refractivity contribution in [1.29, 1.82) is 0 Å². The molecular formula is C23H26N4O3. The van der Waals surface area contributed by atoms with Crippen molar-refractivity contribution in [3.63, 3.8) is 0 Å². The molecule has 0 aliphatic carbocycles. The standard InChI is InChI=1S/C23H26N4O3/c1-5-6-18-7-12-21(22(13-18)29-4)30-14-23(28)26(3)17(2)19-8-10-20(11-9-19)27-16-24-15-25-27/h5-13,15-17H,14H2,1-4H3/b6-5+/t17-/m0/s1. The summed E-state index contributed by atoms with van der Waals surface area (Å²) in [6.07, 6.45) is 7.06. The molecule has 7 nitrogen and oxygen atoms in total. The van der Waals surface area contributed by atoms with Crippen LogP contribution in [-0.2, 0) is 4.79 Å². The second-order valence-electron chi connectivity index (χ2n) is 6.81. The van der Waals surface area contributed by atoms with Gasteiger partial charge in [-0.05, 0) is 49.2 Å². The lowest BCUT2D eigenvalue weighted by Gasteiger charge is -2.25. The van der Waals surface area contributed by atoms with Crippen LogP contribution in [0.25, 0.3) is 11.8 Å². The van der Waals surface area contributed by atoms with E-state index < -0.39 is 0 Å². The Morgan fingerprint density at radius 3 is 2.60 bits per heavy atom. The van der Waals surface area contributed by atoms with Gasteiger partial charge in [0.1, 0.15) is 12.7 Å². The molecule has 0 fully saturated rings. The van der Waals surface area contributed by atoms with Crippen molar-refractivity contribution in [2.45, 2.75) is 19.9 Å². The van der Waals surface area contributed by atoms with Crippen LogP contribution in [0.5, 0.6) is 11.5 Å². The Kier molecular flexibility index (Phi) is 6.85. The highest BCUT2D eigenvalue weighted by molar-refractivity contribution is 5.78. The molecule has 2 aromatic carbocycles. The number of aromatic nitrogens is 3. The van der Waals surface area contributed by atoms with E-state index in [9.17, 15) is 4.79 Å². The minimum atomic E-state index is -0.123. The van der Waals surface area contributed by atoms with Crippen molar-refractivity contribution in [2.75, 3.05) is 20.8 Å². The zero-order chi connectivity index (χ0) is 21.5. The first-order valence-corrected chi connectivity index (χ1v) is 9.67. The molecule has 0 saturated carbocycles. The number of allylic oxidation sites excluding steroid dienone is 1. The molecule has 0 radical (unpaired) electrons. The van der Waals surface area contributed by atoms with Crippen molar-refractivity contribution >= 4 is 12.0 Å². The molecule has 1 amide bonds. The van der Waals surface area contributed by atoms with Crippen LogP contribution in [-0.4, -0.2) is 46.3 Å². The van der Waals surface area contributed by atoms with Crippen LogP contribution in [0.2, 0.25) is 0 Å². The van der Waals surface area contributed by atoms with Crippen molar-refractivity contribution in [3.05, 3.63) is 72.3 Å². The highest BCUT2D eigenvalue weighted by Crippen LogP contribution is 2.29. The van der Waals surface area contributed by atoms with E-state index in [0.717, 1.165) is 16.8 Å². The van der Waals surface area contributed by atoms with E-state index in [1.165, 1.54) is 6.33 Å². The Morgan fingerprint density at radius 2 is 1.97 bits per heavy atom. The molecule has 0 bridgehead atoms. The third-order valence-corrected chi connectivity index (χ3v) is 4.93. The van der Waals surface area contributed by atoms with Gasteiger partial charge in [-0.3, -0.25) is 4.79 Å². The third kappa shape index (κ3) is 4.86. The van der Waals surface area contributed by atoms with E-state index in [1.54, 1.807) is 30.1 Å². The molecule has 1 aromatic heterocycles. The number of carbonyl (C=O) groups excluding carboxylic acids is 1. The third-order valence-electron chi connectivity index (χ3n) is 4.93. The molecule has 7 heteroatoms. The number of ether oxygens (including phenoxy) is 2. The molecule has 3 aromatic rings. The Hall–Kier alpha value is -3.61. The Bertz CT molecular complexity index is 998. The zero-order valence-electron chi connectivity index (χ0n) is 17.6. The molecule has 1 atom stereocenters. The van der Waals surface area contributed by atoms with E-state index in [4.69, 9.17) is 9.47 Å². The first kappa shape index (κ1) is 21.1. The van der Waals surface area contributed by atoms with Gasteiger partial charge in [0.05, 0.1) is 18.8 Å². The number of benzene rings is 2. The maximum absolute atomic E-state index is 12.7. The lowest BCUT2D eigenvalue weighted by Crippen LogP contribution is -2.33. The molecule has 3 rings (SSSR count). The van der Waals surface area contributed by atoms with Gasteiger partial charge in [0.2, 0.25) is 0 Å². The van der Waals surface area contributed by atoms with E-state index in [-0.39, 0.29) is 18.6 Å². The fraction of sp³-hybridized carbons (Fsp3) is 0.261. The van der Waals surface area contributed by atoms with Gasteiger partial charge < -0.3 is 14.4 Å². The van der Waals surface area contributed by atoms with Gasteiger partial charge >= 0.3 is 0 Å². The normalized spacial score (nSPS) is 12.0. The topological polar surface area (TPSA) is 69.5 Å². The van der Waals surface area contributed by atoms with E-state index >= 15 is 0 Å². The summed E-state index contributed by atoms with van der Waals surface area (Å²) in [7, 11) is 3.36. The maximum atomic E-state index is 12.7. The molecule has 1 heterocycles. The second kappa shape index (κ2) is 9.73.